The minimum absolute atomic E-state index is 0.378. The van der Waals surface area contributed by atoms with Crippen molar-refractivity contribution < 1.29 is 18.0 Å². The lowest BCUT2D eigenvalue weighted by Crippen LogP contribution is -2.41. The molecule has 1 heterocycles. The second kappa shape index (κ2) is 3.90. The number of nitrogens with one attached hydrogen (secondary N) is 1. The van der Waals surface area contributed by atoms with E-state index in [-0.39, 0.29) is 0 Å². The summed E-state index contributed by atoms with van der Waals surface area (Å²) in [6.45, 7) is 0.378. The molecule has 1 aromatic carbocycles. The Bertz CT molecular complexity index is 414. The van der Waals surface area contributed by atoms with Gasteiger partial charge in [0.05, 0.1) is 0 Å². The van der Waals surface area contributed by atoms with Crippen LogP contribution < -0.4 is 5.32 Å². The van der Waals surface area contributed by atoms with E-state index in [0.717, 1.165) is 5.56 Å². The molecular weight excluding hydrogens is 219 g/mol. The molecule has 1 radical (unpaired) electrons. The topological polar surface area (TPSA) is 29.1 Å². The first-order valence-electron chi connectivity index (χ1n) is 4.83. The highest BCUT2D eigenvalue weighted by Gasteiger charge is 2.44. The average Bonchev–Trinajstić information content (AvgIpc) is 2.26. The summed E-state index contributed by atoms with van der Waals surface area (Å²) < 4.78 is 37.0. The van der Waals surface area contributed by atoms with E-state index in [9.17, 15) is 18.0 Å². The molecule has 0 aliphatic carbocycles. The van der Waals surface area contributed by atoms with Crippen LogP contribution in [0.1, 0.15) is 17.2 Å². The van der Waals surface area contributed by atoms with E-state index in [0.29, 0.717) is 18.5 Å². The van der Waals surface area contributed by atoms with E-state index >= 15 is 0 Å². The maximum absolute atomic E-state index is 12.3. The lowest BCUT2D eigenvalue weighted by Gasteiger charge is -2.26. The van der Waals surface area contributed by atoms with E-state index < -0.39 is 18.0 Å². The van der Waals surface area contributed by atoms with Gasteiger partial charge in [0, 0.05) is 6.54 Å². The molecule has 1 aliphatic heterocycles. The number of hydrogen-bond acceptors (Lipinski definition) is 2. The number of rotatable bonds is 1. The van der Waals surface area contributed by atoms with Crippen LogP contribution in [0.4, 0.5) is 13.2 Å². The Morgan fingerprint density at radius 1 is 1.50 bits per heavy atom. The van der Waals surface area contributed by atoms with E-state index in [2.05, 4.69) is 11.4 Å². The number of fused-ring (bicyclic) bond motifs is 1. The zero-order valence-electron chi connectivity index (χ0n) is 8.27. The average molecular weight is 228 g/mol. The van der Waals surface area contributed by atoms with Crippen LogP contribution in [0.15, 0.2) is 18.2 Å². The van der Waals surface area contributed by atoms with Crippen molar-refractivity contribution in [2.75, 3.05) is 6.54 Å². The van der Waals surface area contributed by atoms with Gasteiger partial charge in [0.25, 0.3) is 5.78 Å². The molecule has 1 aromatic rings. The van der Waals surface area contributed by atoms with Gasteiger partial charge < -0.3 is 5.32 Å². The summed E-state index contributed by atoms with van der Waals surface area (Å²) in [7, 11) is 0. The van der Waals surface area contributed by atoms with E-state index in [1.807, 2.05) is 0 Å². The quantitative estimate of drug-likeness (QED) is 0.794. The molecule has 0 aromatic heterocycles. The highest BCUT2D eigenvalue weighted by Crippen LogP contribution is 2.29. The van der Waals surface area contributed by atoms with Crippen LogP contribution in [0.25, 0.3) is 0 Å². The third-order valence-corrected chi connectivity index (χ3v) is 2.59. The lowest BCUT2D eigenvalue weighted by molar-refractivity contribution is -0.173. The van der Waals surface area contributed by atoms with E-state index in [1.165, 1.54) is 6.07 Å². The molecule has 2 nitrogen and oxygen atoms in total. The fourth-order valence-electron chi connectivity index (χ4n) is 1.83. The van der Waals surface area contributed by atoms with Gasteiger partial charge in [-0.2, -0.15) is 13.2 Å². The van der Waals surface area contributed by atoms with Gasteiger partial charge in [0.15, 0.2) is 0 Å². The van der Waals surface area contributed by atoms with Crippen LogP contribution in [0, 0.1) is 6.07 Å². The predicted octanol–water partition coefficient (Wildman–Crippen LogP) is 1.80. The normalized spacial score (nSPS) is 20.3. The Morgan fingerprint density at radius 3 is 2.94 bits per heavy atom. The summed E-state index contributed by atoms with van der Waals surface area (Å²) >= 11 is 0. The fraction of sp³-hybridized carbons (Fsp3) is 0.364. The number of alkyl halides is 3. The summed E-state index contributed by atoms with van der Waals surface area (Å²) in [6.07, 6.45) is -4.17. The first-order valence-corrected chi connectivity index (χ1v) is 4.83. The number of carbonyl (C=O) groups is 1. The Morgan fingerprint density at radius 2 is 2.25 bits per heavy atom. The first kappa shape index (κ1) is 11.1. The lowest BCUT2D eigenvalue weighted by atomic mass is 9.92. The number of benzene rings is 1. The number of ketones is 1. The summed E-state index contributed by atoms with van der Waals surface area (Å²) in [5.74, 6) is -1.74. The van der Waals surface area contributed by atoms with E-state index in [1.54, 1.807) is 12.1 Å². The monoisotopic (exact) mass is 228 g/mol. The van der Waals surface area contributed by atoms with Crippen molar-refractivity contribution in [3.05, 3.63) is 35.4 Å². The van der Waals surface area contributed by atoms with Gasteiger partial charge in [-0.25, -0.2) is 0 Å². The second-order valence-corrected chi connectivity index (χ2v) is 3.62. The molecule has 0 saturated heterocycles. The number of Topliss-reactive ketones (excluding diaryl/α,β-unsaturated/α-hetero) is 1. The zero-order chi connectivity index (χ0) is 11.8. The van der Waals surface area contributed by atoms with Crippen molar-refractivity contribution in [2.24, 2.45) is 0 Å². The first-order chi connectivity index (χ1) is 7.50. The third-order valence-electron chi connectivity index (χ3n) is 2.59. The molecule has 0 fully saturated rings. The molecule has 1 unspecified atom stereocenters. The fourth-order valence-corrected chi connectivity index (χ4v) is 1.83. The molecule has 85 valence electrons. The Labute approximate surface area is 90.5 Å². The minimum atomic E-state index is -4.80. The van der Waals surface area contributed by atoms with E-state index in [4.69, 9.17) is 0 Å². The summed E-state index contributed by atoms with van der Waals surface area (Å²) in [4.78, 5) is 11.2. The molecular formula is C11H9F3NO. The molecule has 0 amide bonds. The summed E-state index contributed by atoms with van der Waals surface area (Å²) in [6, 6.07) is 6.20. The number of hydrogen-bond donors (Lipinski definition) is 1. The molecule has 0 bridgehead atoms. The van der Waals surface area contributed by atoms with Gasteiger partial charge in [-0.05, 0) is 29.7 Å². The molecule has 1 aliphatic rings. The van der Waals surface area contributed by atoms with Gasteiger partial charge in [-0.15, -0.1) is 0 Å². The second-order valence-electron chi connectivity index (χ2n) is 3.62. The number of carbonyl (C=O) groups excluding carboxylic acids is 1. The highest BCUT2D eigenvalue weighted by molar-refractivity contribution is 5.90. The van der Waals surface area contributed by atoms with Crippen LogP contribution in [0.5, 0.6) is 0 Å². The molecule has 1 atom stereocenters. The standard InChI is InChI=1S/C11H9F3NO/c12-11(13,14)10(16)9-8-4-2-1-3-7(8)5-6-15-9/h1,3-4,9,15H,5-6H2. The highest BCUT2D eigenvalue weighted by atomic mass is 19.4. The van der Waals surface area contributed by atoms with Crippen molar-refractivity contribution in [1.29, 1.82) is 0 Å². The molecule has 1 N–H and O–H groups in total. The molecule has 2 rings (SSSR count). The van der Waals surface area contributed by atoms with Gasteiger partial charge in [0.2, 0.25) is 0 Å². The minimum Gasteiger partial charge on any atom is -0.303 e. The molecule has 5 heteroatoms. The predicted molar refractivity (Wildman–Crippen MR) is 50.8 cm³/mol. The molecule has 0 saturated carbocycles. The maximum atomic E-state index is 12.3. The van der Waals surface area contributed by atoms with Gasteiger partial charge >= 0.3 is 6.18 Å². The van der Waals surface area contributed by atoms with Crippen molar-refractivity contribution in [3.63, 3.8) is 0 Å². The van der Waals surface area contributed by atoms with Gasteiger partial charge in [-0.1, -0.05) is 12.1 Å². The van der Waals surface area contributed by atoms with Crippen LogP contribution in [-0.4, -0.2) is 18.5 Å². The van der Waals surface area contributed by atoms with Crippen LogP contribution in [-0.2, 0) is 11.2 Å². The SMILES string of the molecule is O=C(C1NCCc2cc[c]cc21)C(F)(F)F. The van der Waals surface area contributed by atoms with Crippen molar-refractivity contribution >= 4 is 5.78 Å². The Hall–Kier alpha value is -1.36. The van der Waals surface area contributed by atoms with Crippen LogP contribution in [0.2, 0.25) is 0 Å². The Kier molecular flexibility index (Phi) is 2.71. The van der Waals surface area contributed by atoms with Crippen molar-refractivity contribution in [2.45, 2.75) is 18.6 Å². The number of halogens is 3. The largest absolute Gasteiger partial charge is 0.452 e. The van der Waals surface area contributed by atoms with Gasteiger partial charge in [-0.3, -0.25) is 4.79 Å². The molecule has 16 heavy (non-hydrogen) atoms. The zero-order valence-corrected chi connectivity index (χ0v) is 8.27. The molecule has 0 spiro atoms. The van der Waals surface area contributed by atoms with Crippen LogP contribution in [0.3, 0.4) is 0 Å². The Balaban J connectivity index is 2.36. The summed E-state index contributed by atoms with van der Waals surface area (Å²) in [5.41, 5.74) is 1.16. The van der Waals surface area contributed by atoms with Crippen LogP contribution >= 0.6 is 0 Å². The van der Waals surface area contributed by atoms with Gasteiger partial charge in [0.1, 0.15) is 6.04 Å². The van der Waals surface area contributed by atoms with Crippen molar-refractivity contribution in [3.8, 4) is 0 Å². The smallest absolute Gasteiger partial charge is 0.303 e. The third kappa shape index (κ3) is 1.95. The summed E-state index contributed by atoms with van der Waals surface area (Å²) in [5, 5.41) is 2.59. The maximum Gasteiger partial charge on any atom is 0.452 e. The van der Waals surface area contributed by atoms with Crippen molar-refractivity contribution in [1.82, 2.24) is 5.32 Å².